The van der Waals surface area contributed by atoms with E-state index in [1.54, 1.807) is 0 Å². The maximum Gasteiger partial charge on any atom is 0.234 e. The Hall–Kier alpha value is -0.610. The lowest BCUT2D eigenvalue weighted by molar-refractivity contribution is -0.121. The first-order valence-electron chi connectivity index (χ1n) is 6.14. The molecule has 96 valence electrons. The van der Waals surface area contributed by atoms with Gasteiger partial charge in [-0.3, -0.25) is 4.79 Å². The largest absolute Gasteiger partial charge is 0.396 e. The molecule has 0 aliphatic carbocycles. The Morgan fingerprint density at radius 2 is 1.94 bits per heavy atom. The van der Waals surface area contributed by atoms with Crippen molar-refractivity contribution in [1.29, 1.82) is 0 Å². The zero-order valence-corrected chi connectivity index (χ0v) is 10.8. The topological polar surface area (TPSA) is 61.4 Å². The second-order valence-corrected chi connectivity index (χ2v) is 4.75. The summed E-state index contributed by atoms with van der Waals surface area (Å²) in [7, 11) is 0. The van der Waals surface area contributed by atoms with Gasteiger partial charge < -0.3 is 15.7 Å². The van der Waals surface area contributed by atoms with E-state index in [2.05, 4.69) is 17.6 Å². The van der Waals surface area contributed by atoms with E-state index >= 15 is 0 Å². The highest BCUT2D eigenvalue weighted by molar-refractivity contribution is 5.78. The fraction of sp³-hybridized carbons (Fsp3) is 0.917. The Labute approximate surface area is 98.8 Å². The highest BCUT2D eigenvalue weighted by atomic mass is 16.2. The molecule has 0 bridgehead atoms. The molecule has 16 heavy (non-hydrogen) atoms. The lowest BCUT2D eigenvalue weighted by Crippen LogP contribution is -2.46. The third kappa shape index (κ3) is 8.68. The highest BCUT2D eigenvalue weighted by Crippen LogP contribution is 2.05. The van der Waals surface area contributed by atoms with Crippen LogP contribution in [-0.4, -0.2) is 36.2 Å². The molecule has 0 saturated heterocycles. The zero-order chi connectivity index (χ0) is 12.4. The van der Waals surface area contributed by atoms with Crippen molar-refractivity contribution in [2.24, 2.45) is 0 Å². The molecule has 0 rings (SSSR count). The molecule has 0 aromatic carbocycles. The van der Waals surface area contributed by atoms with Gasteiger partial charge in [0.15, 0.2) is 0 Å². The van der Waals surface area contributed by atoms with E-state index in [-0.39, 0.29) is 18.1 Å². The van der Waals surface area contributed by atoms with Crippen LogP contribution in [0, 0.1) is 0 Å². The van der Waals surface area contributed by atoms with Gasteiger partial charge in [-0.05, 0) is 46.1 Å². The summed E-state index contributed by atoms with van der Waals surface area (Å²) >= 11 is 0. The van der Waals surface area contributed by atoms with Crippen LogP contribution < -0.4 is 10.6 Å². The van der Waals surface area contributed by atoms with Crippen LogP contribution in [0.15, 0.2) is 0 Å². The Morgan fingerprint density at radius 1 is 1.25 bits per heavy atom. The number of nitrogens with one attached hydrogen (secondary N) is 2. The predicted molar refractivity (Wildman–Crippen MR) is 66.3 cm³/mol. The number of hydrogen-bond donors (Lipinski definition) is 3. The fourth-order valence-electron chi connectivity index (χ4n) is 1.25. The van der Waals surface area contributed by atoms with Crippen molar-refractivity contribution < 1.29 is 9.90 Å². The van der Waals surface area contributed by atoms with Crippen LogP contribution in [0.25, 0.3) is 0 Å². The number of rotatable bonds is 9. The summed E-state index contributed by atoms with van der Waals surface area (Å²) in [4.78, 5) is 11.5. The SMILES string of the molecule is CCC(C)(C)NC(=O)CNCCCCCO. The summed E-state index contributed by atoms with van der Waals surface area (Å²) in [5, 5.41) is 14.6. The van der Waals surface area contributed by atoms with Gasteiger partial charge in [-0.25, -0.2) is 0 Å². The Kier molecular flexibility index (Phi) is 8.21. The molecule has 0 heterocycles. The van der Waals surface area contributed by atoms with Gasteiger partial charge in [0, 0.05) is 12.1 Å². The molecule has 0 aliphatic heterocycles. The van der Waals surface area contributed by atoms with Gasteiger partial charge in [-0.1, -0.05) is 6.92 Å². The highest BCUT2D eigenvalue weighted by Gasteiger charge is 2.16. The maximum atomic E-state index is 11.5. The third-order valence-electron chi connectivity index (χ3n) is 2.66. The van der Waals surface area contributed by atoms with E-state index in [4.69, 9.17) is 5.11 Å². The van der Waals surface area contributed by atoms with Crippen LogP contribution in [0.1, 0.15) is 46.5 Å². The summed E-state index contributed by atoms with van der Waals surface area (Å²) in [5.41, 5.74) is -0.115. The summed E-state index contributed by atoms with van der Waals surface area (Å²) in [6, 6.07) is 0. The van der Waals surface area contributed by atoms with E-state index in [1.807, 2.05) is 13.8 Å². The lowest BCUT2D eigenvalue weighted by Gasteiger charge is -2.24. The Bertz CT molecular complexity index is 193. The zero-order valence-electron chi connectivity index (χ0n) is 10.8. The standard InChI is InChI=1S/C12H26N2O2/c1-4-12(2,3)14-11(16)10-13-8-6-5-7-9-15/h13,15H,4-10H2,1-3H3,(H,14,16). The van der Waals surface area contributed by atoms with Crippen LogP contribution >= 0.6 is 0 Å². The number of aliphatic hydroxyl groups is 1. The molecule has 4 heteroatoms. The molecular formula is C12H26N2O2. The molecule has 0 atom stereocenters. The molecule has 0 fully saturated rings. The van der Waals surface area contributed by atoms with Crippen LogP contribution in [-0.2, 0) is 4.79 Å². The lowest BCUT2D eigenvalue weighted by atomic mass is 10.0. The first-order valence-corrected chi connectivity index (χ1v) is 6.14. The van der Waals surface area contributed by atoms with E-state index in [9.17, 15) is 4.79 Å². The monoisotopic (exact) mass is 230 g/mol. The minimum absolute atomic E-state index is 0.0500. The van der Waals surface area contributed by atoms with Gasteiger partial charge in [0.1, 0.15) is 0 Å². The van der Waals surface area contributed by atoms with Gasteiger partial charge in [0.25, 0.3) is 0 Å². The average Bonchev–Trinajstić information content (AvgIpc) is 2.22. The summed E-state index contributed by atoms with van der Waals surface area (Å²) in [6.07, 6.45) is 3.78. The van der Waals surface area contributed by atoms with E-state index in [1.165, 1.54) is 0 Å². The quantitative estimate of drug-likeness (QED) is 0.519. The molecule has 0 aliphatic rings. The smallest absolute Gasteiger partial charge is 0.234 e. The maximum absolute atomic E-state index is 11.5. The second kappa shape index (κ2) is 8.53. The number of aliphatic hydroxyl groups excluding tert-OH is 1. The molecule has 0 spiro atoms. The van der Waals surface area contributed by atoms with Gasteiger partial charge in [0.2, 0.25) is 5.91 Å². The molecule has 1 amide bonds. The first kappa shape index (κ1) is 15.4. The van der Waals surface area contributed by atoms with Crippen molar-refractivity contribution in [3.63, 3.8) is 0 Å². The number of amides is 1. The van der Waals surface area contributed by atoms with Crippen LogP contribution in [0.4, 0.5) is 0 Å². The molecular weight excluding hydrogens is 204 g/mol. The van der Waals surface area contributed by atoms with Gasteiger partial charge in [-0.2, -0.15) is 0 Å². The van der Waals surface area contributed by atoms with Gasteiger partial charge >= 0.3 is 0 Å². The van der Waals surface area contributed by atoms with Crippen molar-refractivity contribution in [2.45, 2.75) is 52.0 Å². The van der Waals surface area contributed by atoms with Crippen molar-refractivity contribution >= 4 is 5.91 Å². The van der Waals surface area contributed by atoms with E-state index in [0.29, 0.717) is 6.54 Å². The molecule has 0 aromatic heterocycles. The van der Waals surface area contributed by atoms with Crippen LogP contribution in [0.2, 0.25) is 0 Å². The number of carbonyl (C=O) groups is 1. The second-order valence-electron chi connectivity index (χ2n) is 4.75. The summed E-state index contributed by atoms with van der Waals surface area (Å²) in [5.74, 6) is 0.0500. The van der Waals surface area contributed by atoms with Crippen molar-refractivity contribution in [3.05, 3.63) is 0 Å². The minimum atomic E-state index is -0.115. The first-order chi connectivity index (χ1) is 7.52. The molecule has 0 aromatic rings. The summed E-state index contributed by atoms with van der Waals surface area (Å²) < 4.78 is 0. The molecule has 0 radical (unpaired) electrons. The van der Waals surface area contributed by atoms with E-state index in [0.717, 1.165) is 32.2 Å². The van der Waals surface area contributed by atoms with Gasteiger partial charge in [-0.15, -0.1) is 0 Å². The minimum Gasteiger partial charge on any atom is -0.396 e. The van der Waals surface area contributed by atoms with Crippen molar-refractivity contribution in [3.8, 4) is 0 Å². The molecule has 0 saturated carbocycles. The number of unbranched alkanes of at least 4 members (excludes halogenated alkanes) is 2. The average molecular weight is 230 g/mol. The van der Waals surface area contributed by atoms with Crippen LogP contribution in [0.5, 0.6) is 0 Å². The Morgan fingerprint density at radius 3 is 2.50 bits per heavy atom. The molecule has 3 N–H and O–H groups in total. The van der Waals surface area contributed by atoms with Crippen molar-refractivity contribution in [2.75, 3.05) is 19.7 Å². The van der Waals surface area contributed by atoms with Crippen molar-refractivity contribution in [1.82, 2.24) is 10.6 Å². The Balaban J connectivity index is 3.44. The molecule has 0 unspecified atom stereocenters. The summed E-state index contributed by atoms with van der Waals surface area (Å²) in [6.45, 7) is 7.56. The van der Waals surface area contributed by atoms with E-state index < -0.39 is 0 Å². The molecule has 4 nitrogen and oxygen atoms in total. The number of carbonyl (C=O) groups excluding carboxylic acids is 1. The van der Waals surface area contributed by atoms with Gasteiger partial charge in [0.05, 0.1) is 6.54 Å². The fourth-order valence-corrected chi connectivity index (χ4v) is 1.25. The third-order valence-corrected chi connectivity index (χ3v) is 2.66. The predicted octanol–water partition coefficient (Wildman–Crippen LogP) is 1.04. The number of hydrogen-bond acceptors (Lipinski definition) is 3. The van der Waals surface area contributed by atoms with Crippen LogP contribution in [0.3, 0.4) is 0 Å². The normalized spacial score (nSPS) is 11.5.